The third-order valence-corrected chi connectivity index (χ3v) is 7.94. The fourth-order valence-corrected chi connectivity index (χ4v) is 5.61. The van der Waals surface area contributed by atoms with E-state index in [0.29, 0.717) is 40.1 Å². The van der Waals surface area contributed by atoms with Crippen LogP contribution in [0.3, 0.4) is 0 Å². The number of hydrogen-bond acceptors (Lipinski definition) is 5. The number of nitrogens with zero attached hydrogens (tertiary/aromatic N) is 4. The topological polar surface area (TPSA) is 121 Å². The molecule has 0 saturated heterocycles. The molecular weight excluding hydrogens is 584 g/mol. The Labute approximate surface area is 260 Å². The molecule has 9 heteroatoms. The zero-order valence-electron chi connectivity index (χ0n) is 24.6. The molecule has 0 aromatic carbocycles. The van der Waals surface area contributed by atoms with Gasteiger partial charge in [-0.15, -0.1) is 22.1 Å². The number of carboxylic acid groups (broad SMARTS) is 1. The molecule has 2 aliphatic rings. The second kappa shape index (κ2) is 12.5. The van der Waals surface area contributed by atoms with Crippen molar-refractivity contribution in [1.29, 1.82) is 0 Å². The van der Waals surface area contributed by atoms with Crippen LogP contribution >= 0.6 is 0 Å². The van der Waals surface area contributed by atoms with E-state index in [-0.39, 0.29) is 30.1 Å². The van der Waals surface area contributed by atoms with Gasteiger partial charge in [0.15, 0.2) is 0 Å². The molecule has 220 valence electrons. The Morgan fingerprint density at radius 2 is 1.44 bits per heavy atom. The van der Waals surface area contributed by atoms with E-state index in [2.05, 4.69) is 24.6 Å². The Morgan fingerprint density at radius 3 is 2.09 bits per heavy atom. The van der Waals surface area contributed by atoms with Crippen molar-refractivity contribution >= 4 is 56.4 Å². The number of carboxylic acids is 1. The predicted molar refractivity (Wildman–Crippen MR) is 167 cm³/mol. The number of aryl methyl sites for hydroxylation is 3. The molecule has 0 radical (unpaired) electrons. The normalized spacial score (nSPS) is 12.8. The van der Waals surface area contributed by atoms with Crippen molar-refractivity contribution in [2.75, 3.05) is 6.61 Å². The molecule has 3 aromatic heterocycles. The number of allylic oxidation sites excluding steroid dienone is 4. The fourth-order valence-electron chi connectivity index (χ4n) is 5.61. The van der Waals surface area contributed by atoms with E-state index in [1.165, 1.54) is 0 Å². The first-order valence-corrected chi connectivity index (χ1v) is 13.6. The summed E-state index contributed by atoms with van der Waals surface area (Å²) < 4.78 is 0. The van der Waals surface area contributed by atoms with Crippen molar-refractivity contribution < 1.29 is 37.1 Å². The molecule has 0 amide bonds. The Morgan fingerprint density at radius 1 is 0.860 bits per heavy atom. The summed E-state index contributed by atoms with van der Waals surface area (Å²) in [5.74, 6) is -0.892. The summed E-state index contributed by atoms with van der Waals surface area (Å²) in [6, 6.07) is 7.64. The number of fused-ring (bicyclic) bond motifs is 8. The summed E-state index contributed by atoms with van der Waals surface area (Å²) in [5.41, 5.74) is 13.1. The number of carbonyl (C=O) groups is 1. The van der Waals surface area contributed by atoms with Gasteiger partial charge < -0.3 is 15.1 Å². The van der Waals surface area contributed by atoms with E-state index in [0.717, 1.165) is 61.3 Å². The number of aromatic nitrogens is 4. The molecule has 0 aliphatic carbocycles. The summed E-state index contributed by atoms with van der Waals surface area (Å²) in [4.78, 5) is 35.7. The van der Waals surface area contributed by atoms with Gasteiger partial charge in [0.2, 0.25) is 0 Å². The third-order valence-electron chi connectivity index (χ3n) is 7.94. The van der Waals surface area contributed by atoms with Gasteiger partial charge in [-0.1, -0.05) is 72.8 Å². The molecule has 5 heterocycles. The Balaban J connectivity index is 0.00000423. The molecule has 5 rings (SSSR count). The molecule has 8 nitrogen and oxygen atoms in total. The maximum absolute atomic E-state index is 11.5. The van der Waals surface area contributed by atoms with Crippen molar-refractivity contribution in [2.24, 2.45) is 0 Å². The van der Waals surface area contributed by atoms with E-state index < -0.39 is 5.97 Å². The number of rotatable bonds is 8. The monoisotopic (exact) mass is 616 g/mol. The Kier molecular flexibility index (Phi) is 9.23. The minimum atomic E-state index is -0.892. The molecule has 8 bridgehead atoms. The molecule has 43 heavy (non-hydrogen) atoms. The van der Waals surface area contributed by atoms with Crippen LogP contribution in [-0.4, -0.2) is 32.9 Å². The van der Waals surface area contributed by atoms with Crippen molar-refractivity contribution in [3.8, 4) is 0 Å². The summed E-state index contributed by atoms with van der Waals surface area (Å²) in [6.07, 6.45) is 3.84. The first-order valence-electron chi connectivity index (χ1n) is 13.6. The van der Waals surface area contributed by atoms with Crippen molar-refractivity contribution in [3.05, 3.63) is 101 Å². The van der Waals surface area contributed by atoms with E-state index >= 15 is 0 Å². The average Bonchev–Trinajstić information content (AvgIpc) is 3.60. The van der Waals surface area contributed by atoms with Crippen LogP contribution in [-0.2, 0) is 33.2 Å². The van der Waals surface area contributed by atoms with Crippen molar-refractivity contribution in [3.63, 3.8) is 0 Å². The van der Waals surface area contributed by atoms with Gasteiger partial charge in [0, 0.05) is 17.6 Å². The first kappa shape index (κ1) is 31.7. The summed E-state index contributed by atoms with van der Waals surface area (Å²) in [5, 5.41) is 18.7. The molecule has 2 N–H and O–H groups in total. The second-order valence-corrected chi connectivity index (χ2v) is 10.5. The Bertz CT molecular complexity index is 1920. The molecule has 0 atom stereocenters. The van der Waals surface area contributed by atoms with Crippen LogP contribution < -0.4 is 9.97 Å². The molecule has 0 fully saturated rings. The zero-order valence-corrected chi connectivity index (χ0v) is 25.7. The molecule has 0 unspecified atom stereocenters. The standard InChI is InChI=1S/C34H33N4O4.Fe/c1-8-22-18(4)25-12-28-21(7)34(17(3)16-42-41)32(38-28)15-31-24(10-11-33(39)40)20(6)27(37-31)14-30-23(9-2)19(5)26(36-30)13-29(22)35-25;/h8-9,12-15H,1-3,10-11,16H2,4-7H3,(H3-,35,36,37,38,39,40,41);/q-1;+2/p-1. The van der Waals surface area contributed by atoms with Crippen LogP contribution in [0.25, 0.3) is 50.4 Å². The van der Waals surface area contributed by atoms with Crippen LogP contribution in [0.15, 0.2) is 55.7 Å². The minimum absolute atomic E-state index is 0. The van der Waals surface area contributed by atoms with Crippen LogP contribution in [0.4, 0.5) is 0 Å². The maximum Gasteiger partial charge on any atom is 2.00 e. The van der Waals surface area contributed by atoms with Crippen LogP contribution in [0.5, 0.6) is 0 Å². The summed E-state index contributed by atoms with van der Waals surface area (Å²) in [7, 11) is 0. The van der Waals surface area contributed by atoms with E-state index in [1.54, 1.807) is 12.2 Å². The van der Waals surface area contributed by atoms with E-state index in [4.69, 9.17) is 19.9 Å². The number of aliphatic carboxylic acids is 1. The van der Waals surface area contributed by atoms with Gasteiger partial charge in [-0.2, -0.15) is 0 Å². The first-order chi connectivity index (χ1) is 20.1. The van der Waals surface area contributed by atoms with Gasteiger partial charge in [0.05, 0.1) is 22.8 Å². The third kappa shape index (κ3) is 5.72. The number of hydrogen-bond donors (Lipinski definition) is 2. The molecule has 0 spiro atoms. The molecule has 0 saturated carbocycles. The smallest absolute Gasteiger partial charge is 0.657 e. The SMILES string of the molecule is C=CC1=C(C)c2cc3[n-]c(cc4nc(cc5[n-]c(cc1n2)c(C)c5CCC(=O)O)C(C(=C)COO)=C4C)c(C)c3C=C.[Fe+2]. The van der Waals surface area contributed by atoms with Gasteiger partial charge in [0.1, 0.15) is 6.61 Å². The fraction of sp³-hybridized carbons (Fsp3) is 0.206. The van der Waals surface area contributed by atoms with Gasteiger partial charge in [-0.05, 0) is 56.4 Å². The maximum atomic E-state index is 11.5. The quantitative estimate of drug-likeness (QED) is 0.159. The average molecular weight is 616 g/mol. The van der Waals surface area contributed by atoms with Crippen molar-refractivity contribution in [1.82, 2.24) is 19.9 Å². The van der Waals surface area contributed by atoms with Crippen LogP contribution in [0.2, 0.25) is 0 Å². The molecule has 3 aromatic rings. The van der Waals surface area contributed by atoms with Gasteiger partial charge in [-0.25, -0.2) is 14.9 Å². The zero-order chi connectivity index (χ0) is 30.3. The molecular formula is C34H32FeN4O4. The van der Waals surface area contributed by atoms with E-state index in [1.807, 2.05) is 52.0 Å². The van der Waals surface area contributed by atoms with Crippen LogP contribution in [0, 0.1) is 13.8 Å². The summed E-state index contributed by atoms with van der Waals surface area (Å²) in [6.45, 7) is 19.9. The summed E-state index contributed by atoms with van der Waals surface area (Å²) >= 11 is 0. The van der Waals surface area contributed by atoms with E-state index in [9.17, 15) is 15.2 Å². The largest absolute Gasteiger partial charge is 2.00 e. The van der Waals surface area contributed by atoms with Crippen molar-refractivity contribution in [2.45, 2.75) is 40.5 Å². The molecule has 2 aliphatic heterocycles. The Hall–Kier alpha value is -4.27. The van der Waals surface area contributed by atoms with Gasteiger partial charge in [-0.3, -0.25) is 10.1 Å². The predicted octanol–water partition coefficient (Wildman–Crippen LogP) is 6.94. The van der Waals surface area contributed by atoms with Gasteiger partial charge in [0.25, 0.3) is 0 Å². The second-order valence-electron chi connectivity index (χ2n) is 10.5. The minimum Gasteiger partial charge on any atom is -0.657 e. The van der Waals surface area contributed by atoms with Crippen LogP contribution in [0.1, 0.15) is 65.3 Å². The van der Waals surface area contributed by atoms with Gasteiger partial charge >= 0.3 is 23.0 Å².